The lowest BCUT2D eigenvalue weighted by atomic mass is 10.2. The Kier molecular flexibility index (Phi) is 2.39. The van der Waals surface area contributed by atoms with Gasteiger partial charge in [0.2, 0.25) is 0 Å². The number of benzene rings is 1. The Balaban J connectivity index is 1.72. The third-order valence-corrected chi connectivity index (χ3v) is 1.82. The van der Waals surface area contributed by atoms with E-state index in [1.54, 1.807) is 0 Å². The third kappa shape index (κ3) is 2.32. The van der Waals surface area contributed by atoms with Crippen LogP contribution in [0.3, 0.4) is 0 Å². The average molecular weight is 167 g/mol. The molecule has 0 N–H and O–H groups in total. The summed E-state index contributed by atoms with van der Waals surface area (Å²) < 4.78 is 10.4. The van der Waals surface area contributed by atoms with Gasteiger partial charge in [-0.2, -0.15) is 0 Å². The summed E-state index contributed by atoms with van der Waals surface area (Å²) in [5.74, 6) is 0. The molecule has 0 aliphatic carbocycles. The maximum absolute atomic E-state index is 5.42. The van der Waals surface area contributed by atoms with Gasteiger partial charge in [-0.3, -0.25) is 0 Å². The van der Waals surface area contributed by atoms with Crippen LogP contribution in [0.25, 0.3) is 0 Å². The van der Waals surface area contributed by atoms with Crippen LogP contribution in [0.15, 0.2) is 30.3 Å². The zero-order chi connectivity index (χ0) is 8.23. The maximum Gasteiger partial charge on any atom is 0.104 e. The van der Waals surface area contributed by atoms with E-state index in [4.69, 9.17) is 9.47 Å². The van der Waals surface area contributed by atoms with E-state index in [0.29, 0.717) is 12.7 Å². The molecule has 12 heavy (non-hydrogen) atoms. The fourth-order valence-electron chi connectivity index (χ4n) is 1.05. The van der Waals surface area contributed by atoms with Crippen molar-refractivity contribution in [3.8, 4) is 0 Å². The Bertz CT molecular complexity index is 229. The molecule has 1 saturated heterocycles. The van der Waals surface area contributed by atoms with Crippen LogP contribution < -0.4 is 0 Å². The number of epoxide rings is 1. The minimum atomic E-state index is 0.369. The summed E-state index contributed by atoms with van der Waals surface area (Å²) in [6, 6.07) is 10.2. The van der Waals surface area contributed by atoms with Crippen LogP contribution in [0.4, 0.5) is 0 Å². The Morgan fingerprint density at radius 3 is 2.75 bits per heavy atom. The predicted octanol–water partition coefficient (Wildman–Crippen LogP) is 1.60. The van der Waals surface area contributed by atoms with Gasteiger partial charge in [0.05, 0.1) is 19.8 Å². The number of hydrogen-bond donors (Lipinski definition) is 0. The van der Waals surface area contributed by atoms with E-state index in [2.05, 4.69) is 12.1 Å². The van der Waals surface area contributed by atoms with E-state index in [0.717, 1.165) is 13.2 Å². The standard InChI is InChI=1S/C10H12O2/c1-2-4-9(5-3-1)6-11-7-10-8-12-10/h1-5,10H,6-8H2/i7+1,8+1,10+1. The first kappa shape index (κ1) is 7.77. The van der Waals surface area contributed by atoms with Gasteiger partial charge < -0.3 is 9.47 Å². The van der Waals surface area contributed by atoms with E-state index in [-0.39, 0.29) is 0 Å². The van der Waals surface area contributed by atoms with Crippen molar-refractivity contribution in [3.05, 3.63) is 35.9 Å². The zero-order valence-electron chi connectivity index (χ0n) is 6.90. The van der Waals surface area contributed by atoms with Gasteiger partial charge in [-0.25, -0.2) is 0 Å². The minimum absolute atomic E-state index is 0.369. The molecule has 0 saturated carbocycles. The first-order valence-corrected chi connectivity index (χ1v) is 4.18. The van der Waals surface area contributed by atoms with Gasteiger partial charge in [0, 0.05) is 0 Å². The molecule has 2 rings (SSSR count). The molecule has 0 radical (unpaired) electrons. The topological polar surface area (TPSA) is 21.8 Å². The van der Waals surface area contributed by atoms with E-state index in [1.165, 1.54) is 5.56 Å². The Hall–Kier alpha value is -0.860. The van der Waals surface area contributed by atoms with Crippen LogP contribution in [0.2, 0.25) is 0 Å². The lowest BCUT2D eigenvalue weighted by Gasteiger charge is -2.00. The fourth-order valence-corrected chi connectivity index (χ4v) is 1.05. The van der Waals surface area contributed by atoms with Gasteiger partial charge in [0.1, 0.15) is 6.10 Å². The van der Waals surface area contributed by atoms with Gasteiger partial charge >= 0.3 is 0 Å². The molecule has 2 heteroatoms. The van der Waals surface area contributed by atoms with Crippen LogP contribution in [0.5, 0.6) is 0 Å². The maximum atomic E-state index is 5.42. The number of ether oxygens (including phenoxy) is 2. The van der Waals surface area contributed by atoms with Crippen molar-refractivity contribution < 1.29 is 9.47 Å². The summed E-state index contributed by atoms with van der Waals surface area (Å²) in [5.41, 5.74) is 1.22. The van der Waals surface area contributed by atoms with Crippen molar-refractivity contribution in [2.75, 3.05) is 13.2 Å². The molecule has 1 aromatic carbocycles. The van der Waals surface area contributed by atoms with Crippen LogP contribution in [-0.2, 0) is 16.1 Å². The molecule has 2 nitrogen and oxygen atoms in total. The van der Waals surface area contributed by atoms with Crippen molar-refractivity contribution in [2.45, 2.75) is 12.7 Å². The van der Waals surface area contributed by atoms with Crippen LogP contribution in [0.1, 0.15) is 5.56 Å². The van der Waals surface area contributed by atoms with E-state index in [1.807, 2.05) is 18.2 Å². The zero-order valence-corrected chi connectivity index (χ0v) is 6.90. The smallest absolute Gasteiger partial charge is 0.104 e. The molecule has 0 spiro atoms. The molecule has 1 aliphatic rings. The monoisotopic (exact) mass is 167 g/mol. The second kappa shape index (κ2) is 3.70. The summed E-state index contributed by atoms with van der Waals surface area (Å²) in [6.45, 7) is 2.30. The van der Waals surface area contributed by atoms with E-state index in [9.17, 15) is 0 Å². The highest BCUT2D eigenvalue weighted by Gasteiger charge is 2.21. The number of hydrogen-bond acceptors (Lipinski definition) is 2. The number of rotatable bonds is 4. The molecule has 1 unspecified atom stereocenters. The fraction of sp³-hybridized carbons (Fsp3) is 0.400. The van der Waals surface area contributed by atoms with Gasteiger partial charge in [-0.15, -0.1) is 0 Å². The van der Waals surface area contributed by atoms with Crippen LogP contribution >= 0.6 is 0 Å². The molecular formula is C10H12O2. The quantitative estimate of drug-likeness (QED) is 0.502. The molecule has 64 valence electrons. The highest BCUT2D eigenvalue weighted by atomic mass is 16.8. The normalized spacial score (nSPS) is 20.8. The lowest BCUT2D eigenvalue weighted by molar-refractivity contribution is 0.104. The molecule has 0 aromatic heterocycles. The molecule has 1 aromatic rings. The van der Waals surface area contributed by atoms with Crippen molar-refractivity contribution >= 4 is 0 Å². The first-order chi connectivity index (χ1) is 5.95. The van der Waals surface area contributed by atoms with Crippen LogP contribution in [-0.4, -0.2) is 19.3 Å². The largest absolute Gasteiger partial charge is 0.374 e. The minimum Gasteiger partial charge on any atom is -0.374 e. The second-order valence-electron chi connectivity index (χ2n) is 2.96. The average Bonchev–Trinajstić information content (AvgIpc) is 2.90. The van der Waals surface area contributed by atoms with Crippen molar-refractivity contribution in [3.63, 3.8) is 0 Å². The summed E-state index contributed by atoms with van der Waals surface area (Å²) in [4.78, 5) is 0. The molecule has 1 atom stereocenters. The summed E-state index contributed by atoms with van der Waals surface area (Å²) >= 11 is 0. The van der Waals surface area contributed by atoms with Crippen molar-refractivity contribution in [2.24, 2.45) is 0 Å². The highest BCUT2D eigenvalue weighted by Crippen LogP contribution is 2.10. The molecule has 0 amide bonds. The van der Waals surface area contributed by atoms with Crippen molar-refractivity contribution in [1.29, 1.82) is 0 Å². The molecule has 0 bridgehead atoms. The van der Waals surface area contributed by atoms with Crippen molar-refractivity contribution in [1.82, 2.24) is 0 Å². The molecule has 1 fully saturated rings. The third-order valence-electron chi connectivity index (χ3n) is 1.82. The SMILES string of the molecule is c1ccc(CO[13CH2][13CH]2[13CH2]O2)cc1. The Morgan fingerprint density at radius 2 is 2.08 bits per heavy atom. The summed E-state index contributed by atoms with van der Waals surface area (Å²) in [6.07, 6.45) is 0.369. The van der Waals surface area contributed by atoms with E-state index >= 15 is 0 Å². The molecule has 1 aliphatic heterocycles. The first-order valence-electron chi connectivity index (χ1n) is 4.18. The van der Waals surface area contributed by atoms with Crippen LogP contribution in [0, 0.1) is 0 Å². The second-order valence-corrected chi connectivity index (χ2v) is 2.96. The molecule has 1 heterocycles. The van der Waals surface area contributed by atoms with Gasteiger partial charge in [0.15, 0.2) is 0 Å². The van der Waals surface area contributed by atoms with Gasteiger partial charge in [0.25, 0.3) is 0 Å². The van der Waals surface area contributed by atoms with Gasteiger partial charge in [-0.1, -0.05) is 30.3 Å². The Labute approximate surface area is 72.1 Å². The van der Waals surface area contributed by atoms with Gasteiger partial charge in [-0.05, 0) is 5.56 Å². The Morgan fingerprint density at radius 1 is 1.33 bits per heavy atom. The lowest BCUT2D eigenvalue weighted by Crippen LogP contribution is -2.00. The summed E-state index contributed by atoms with van der Waals surface area (Å²) in [5, 5.41) is 0. The molecular weight excluding hydrogens is 155 g/mol. The van der Waals surface area contributed by atoms with E-state index < -0.39 is 0 Å². The summed E-state index contributed by atoms with van der Waals surface area (Å²) in [7, 11) is 0. The highest BCUT2D eigenvalue weighted by molar-refractivity contribution is 5.13. The predicted molar refractivity (Wildman–Crippen MR) is 45.8 cm³/mol.